The average Bonchev–Trinajstić information content (AvgIpc) is 2.92. The molecule has 5 aromatic rings. The third-order valence-electron chi connectivity index (χ3n) is 5.61. The maximum Gasteiger partial charge on any atom is 1.00 e. The van der Waals surface area contributed by atoms with Crippen LogP contribution in [-0.2, 0) is 28.8 Å². The minimum Gasteiger partial charge on any atom is -0.366 e. The first kappa shape index (κ1) is 27.5. The largest absolute Gasteiger partial charge is 1.00 e. The van der Waals surface area contributed by atoms with Crippen LogP contribution in [0.5, 0.6) is 0 Å². The summed E-state index contributed by atoms with van der Waals surface area (Å²) in [7, 11) is -0.446. The summed E-state index contributed by atoms with van der Waals surface area (Å²) in [5.41, 5.74) is 1.95. The summed E-state index contributed by atoms with van der Waals surface area (Å²) in [5, 5.41) is 4.65. The Balaban J connectivity index is 0.000000198. The van der Waals surface area contributed by atoms with E-state index in [2.05, 4.69) is 102 Å². The first-order valence-corrected chi connectivity index (χ1v) is 13.0. The van der Waals surface area contributed by atoms with E-state index in [1.807, 2.05) is 6.92 Å². The Morgan fingerprint density at radius 3 is 1.72 bits per heavy atom. The summed E-state index contributed by atoms with van der Waals surface area (Å²) in [6.45, 7) is 2.02. The van der Waals surface area contributed by atoms with Gasteiger partial charge in [0.1, 0.15) is 5.82 Å². The molecule has 0 spiro atoms. The zero-order chi connectivity index (χ0) is 24.5. The van der Waals surface area contributed by atoms with Crippen LogP contribution in [-0.4, -0.2) is 4.98 Å². The monoisotopic (exact) mass is 671 g/mol. The number of benzene rings is 4. The van der Waals surface area contributed by atoms with Crippen LogP contribution in [0.3, 0.4) is 0 Å². The van der Waals surface area contributed by atoms with E-state index in [0.29, 0.717) is 16.5 Å². The van der Waals surface area contributed by atoms with Crippen LogP contribution in [0.4, 0.5) is 4.39 Å². The molecule has 5 rings (SSSR count). The number of halogens is 1. The van der Waals surface area contributed by atoms with Crippen molar-refractivity contribution in [2.24, 2.45) is 0 Å². The van der Waals surface area contributed by atoms with E-state index in [4.69, 9.17) is 6.42 Å². The van der Waals surface area contributed by atoms with Gasteiger partial charge in [0.2, 0.25) is 0 Å². The predicted octanol–water partition coefficient (Wildman–Crippen LogP) is 6.71. The topological polar surface area (TPSA) is 12.9 Å². The molecular weight excluding hydrogens is 645 g/mol. The maximum atomic E-state index is 13.8. The van der Waals surface area contributed by atoms with Crippen LogP contribution in [0.1, 0.15) is 24.5 Å². The molecule has 4 heteroatoms. The van der Waals surface area contributed by atoms with Crippen LogP contribution in [0.25, 0.3) is 10.9 Å². The molecule has 0 aliphatic heterocycles. The van der Waals surface area contributed by atoms with Crippen LogP contribution >= 0.6 is 7.92 Å². The molecule has 0 aliphatic carbocycles. The van der Waals surface area contributed by atoms with Crippen molar-refractivity contribution in [2.75, 3.05) is 0 Å². The zero-order valence-electron chi connectivity index (χ0n) is 20.0. The molecule has 4 aromatic carbocycles. The van der Waals surface area contributed by atoms with Crippen molar-refractivity contribution in [3.05, 3.63) is 139 Å². The molecule has 0 aliphatic rings. The molecule has 1 heterocycles. The number of aromatic nitrogens is 1. The number of nitrogens with zero attached hydrogens (tertiary/aromatic N) is 1. The quantitative estimate of drug-likeness (QED) is 0.0878. The molecule has 182 valence electrons. The predicted molar refractivity (Wildman–Crippen MR) is 147 cm³/mol. The molecule has 0 saturated carbocycles. The van der Waals surface area contributed by atoms with E-state index >= 15 is 0 Å². The fraction of sp³-hybridized carbons (Fsp3) is 0.0938. The van der Waals surface area contributed by atoms with Crippen LogP contribution in [0, 0.1) is 18.2 Å². The minimum absolute atomic E-state index is 0. The van der Waals surface area contributed by atoms with E-state index < -0.39 is 7.92 Å². The van der Waals surface area contributed by atoms with Gasteiger partial charge in [0, 0.05) is 17.1 Å². The number of rotatable bonds is 5. The number of aryl methyl sites for hydroxylation is 1. The Kier molecular flexibility index (Phi) is 10.6. The number of hydrogen-bond acceptors (Lipinski definition) is 1. The van der Waals surface area contributed by atoms with Crippen LogP contribution < -0.4 is 15.9 Å². The molecule has 1 aromatic heterocycles. The Bertz CT molecular complexity index is 1320. The molecule has 0 radical (unpaired) electrons. The Morgan fingerprint density at radius 2 is 1.28 bits per heavy atom. The van der Waals surface area contributed by atoms with E-state index in [-0.39, 0.29) is 28.2 Å². The standard InChI is InChI=1S/C18H15P.C14H11FN.Au/c1-4-10-16(11-5-1)19(17-12-6-2-7-13-17)18-14-8-3-9-15-18;1-3-6-10-9-13(15)12-7-5-8-16-14(12)11(10)4-2;/h1-15H;5,7-9H,3,6H2,1H3;/q;-1;+1. The van der Waals surface area contributed by atoms with Gasteiger partial charge in [0.15, 0.2) is 0 Å². The second-order valence-corrected chi connectivity index (χ2v) is 10.2. The number of pyridine rings is 1. The van der Waals surface area contributed by atoms with Crippen molar-refractivity contribution in [1.29, 1.82) is 0 Å². The van der Waals surface area contributed by atoms with Crippen molar-refractivity contribution in [2.45, 2.75) is 19.8 Å². The van der Waals surface area contributed by atoms with Crippen molar-refractivity contribution < 1.29 is 26.8 Å². The van der Waals surface area contributed by atoms with E-state index in [0.717, 1.165) is 18.4 Å². The van der Waals surface area contributed by atoms with Gasteiger partial charge in [-0.15, -0.1) is 5.56 Å². The smallest absolute Gasteiger partial charge is 0.366 e. The van der Waals surface area contributed by atoms with Gasteiger partial charge in [0.05, 0.1) is 0 Å². The van der Waals surface area contributed by atoms with Crippen molar-refractivity contribution in [3.63, 3.8) is 0 Å². The third-order valence-corrected chi connectivity index (χ3v) is 8.06. The summed E-state index contributed by atoms with van der Waals surface area (Å²) in [5.74, 6) is 2.10. The normalized spacial score (nSPS) is 10.2. The maximum absolute atomic E-state index is 13.8. The second kappa shape index (κ2) is 13.9. The van der Waals surface area contributed by atoms with E-state index in [1.54, 1.807) is 18.3 Å². The fourth-order valence-corrected chi connectivity index (χ4v) is 6.34. The second-order valence-electron chi connectivity index (χ2n) is 8.01. The molecule has 0 N–H and O–H groups in total. The van der Waals surface area contributed by atoms with Gasteiger partial charge in [0.25, 0.3) is 0 Å². The van der Waals surface area contributed by atoms with Gasteiger partial charge in [-0.05, 0) is 48.5 Å². The SMILES string of the molecule is [Au+].[C-]#Cc1c(CCC)cc(F)c2cccnc12.c1ccc(P(c2ccccc2)c2ccccc2)cc1. The molecule has 1 nitrogen and oxygen atoms in total. The van der Waals surface area contributed by atoms with Gasteiger partial charge < -0.3 is 6.42 Å². The molecule has 0 atom stereocenters. The van der Waals surface area contributed by atoms with E-state index in [1.165, 1.54) is 22.0 Å². The third kappa shape index (κ3) is 6.58. The average molecular weight is 672 g/mol. The van der Waals surface area contributed by atoms with Crippen molar-refractivity contribution in [1.82, 2.24) is 4.98 Å². The first-order chi connectivity index (χ1) is 17.2. The zero-order valence-corrected chi connectivity index (χ0v) is 23.0. The molecule has 0 amide bonds. The molecule has 0 bridgehead atoms. The summed E-state index contributed by atoms with van der Waals surface area (Å²) < 4.78 is 13.8. The Hall–Kier alpha value is -3.05. The van der Waals surface area contributed by atoms with Crippen molar-refractivity contribution >= 4 is 34.7 Å². The molecule has 0 unspecified atom stereocenters. The molecule has 0 saturated heterocycles. The number of fused-ring (bicyclic) bond motifs is 1. The molecular formula is C32H26AuFNP. The van der Waals surface area contributed by atoms with Crippen LogP contribution in [0.2, 0.25) is 0 Å². The van der Waals surface area contributed by atoms with Gasteiger partial charge in [-0.3, -0.25) is 10.9 Å². The summed E-state index contributed by atoms with van der Waals surface area (Å²) in [4.78, 5) is 4.13. The van der Waals surface area contributed by atoms with Gasteiger partial charge in [-0.1, -0.05) is 110 Å². The molecule has 36 heavy (non-hydrogen) atoms. The van der Waals surface area contributed by atoms with Gasteiger partial charge >= 0.3 is 22.4 Å². The summed E-state index contributed by atoms with van der Waals surface area (Å²) in [6.07, 6.45) is 10.6. The van der Waals surface area contributed by atoms with Crippen LogP contribution in [0.15, 0.2) is 115 Å². The van der Waals surface area contributed by atoms with E-state index in [9.17, 15) is 4.39 Å². The Morgan fingerprint density at radius 1 is 0.778 bits per heavy atom. The van der Waals surface area contributed by atoms with Gasteiger partial charge in [-0.2, -0.15) is 0 Å². The minimum atomic E-state index is -0.446. The number of hydrogen-bond donors (Lipinski definition) is 0. The summed E-state index contributed by atoms with van der Waals surface area (Å²) in [6, 6.07) is 37.2. The molecule has 0 fully saturated rings. The first-order valence-electron chi connectivity index (χ1n) is 11.7. The van der Waals surface area contributed by atoms with Gasteiger partial charge in [-0.25, -0.2) is 4.39 Å². The van der Waals surface area contributed by atoms with Crippen molar-refractivity contribution in [3.8, 4) is 5.92 Å². The fourth-order valence-electron chi connectivity index (χ4n) is 4.04. The Labute approximate surface area is 230 Å². The summed E-state index contributed by atoms with van der Waals surface area (Å²) >= 11 is 0.